The average molecular weight is 927 g/mol. The number of carboxylic acid groups (broad SMARTS) is 4. The Morgan fingerprint density at radius 3 is 0.465 bits per heavy atom. The van der Waals surface area contributed by atoms with Crippen LogP contribution in [0.4, 0.5) is 19.2 Å². The zero-order valence-electron chi connectivity index (χ0n) is 19.7. The number of rotatable bonds is 0. The van der Waals surface area contributed by atoms with Crippen molar-refractivity contribution in [2.24, 2.45) is 0 Å². The first-order chi connectivity index (χ1) is 16.9. The smallest absolute Gasteiger partial charge is 0.764 e. The summed E-state index contributed by atoms with van der Waals surface area (Å²) in [5, 5.41) is 25.6. The summed E-state index contributed by atoms with van der Waals surface area (Å²) in [6.45, 7) is 0. The fraction of sp³-hybridized carbons (Fsp3) is 0. The third-order valence-corrected chi connectivity index (χ3v) is 0. The first kappa shape index (κ1) is 75.8. The Morgan fingerprint density at radius 2 is 0.465 bits per heavy atom. The molecule has 0 aromatic rings. The monoisotopic (exact) mass is 926 g/mol. The molecule has 23 nitrogen and oxygen atoms in total. The van der Waals surface area contributed by atoms with Gasteiger partial charge in [-0.15, -0.1) is 0 Å². The fourth-order valence-electron chi connectivity index (χ4n) is 0. The summed E-state index contributed by atoms with van der Waals surface area (Å²) in [7, 11) is -19.2. The van der Waals surface area contributed by atoms with Crippen LogP contribution in [0, 0.1) is 0 Å². The second kappa shape index (κ2) is 42.6. The van der Waals surface area contributed by atoms with Crippen LogP contribution in [0.1, 0.15) is 0 Å². The molecule has 0 aliphatic rings. The van der Waals surface area contributed by atoms with E-state index in [0.29, 0.717) is 0 Å². The Bertz CT molecular complexity index is 954. The van der Waals surface area contributed by atoms with E-state index < -0.39 is 66.5 Å². The second-order valence-corrected chi connectivity index (χ2v) is 15.8. The number of carbonyl (C=O) groups excluding carboxylic acids is 1. The van der Waals surface area contributed by atoms with Crippen molar-refractivity contribution < 1.29 is 165 Å². The maximum absolute atomic E-state index is 9.11. The van der Waals surface area contributed by atoms with Gasteiger partial charge in [-0.2, -0.15) is 21.0 Å². The number of thiol groups is 3. The van der Waals surface area contributed by atoms with Crippen LogP contribution in [0.5, 0.6) is 0 Å². The summed E-state index contributed by atoms with van der Waals surface area (Å²) in [4.78, 5) is 35.3. The van der Waals surface area contributed by atoms with Crippen molar-refractivity contribution in [2.75, 3.05) is 0 Å². The Kier molecular flexibility index (Phi) is 75.1. The molecule has 0 rings (SSSR count). The quantitative estimate of drug-likeness (QED) is 0.0610. The van der Waals surface area contributed by atoms with E-state index in [0.717, 1.165) is 0 Å². The second-order valence-electron chi connectivity index (χ2n) is 3.34. The molecule has 0 saturated carbocycles. The molecular formula is C4H16Na2O23S14. The van der Waals surface area contributed by atoms with E-state index in [2.05, 4.69) is 106 Å². The molecule has 0 saturated heterocycles. The molecule has 256 valence electrons. The summed E-state index contributed by atoms with van der Waals surface area (Å²) in [5.74, 6) is 0. The van der Waals surface area contributed by atoms with Gasteiger partial charge < -0.3 is 37.8 Å². The summed E-state index contributed by atoms with van der Waals surface area (Å²) >= 11 is 29.4. The zero-order chi connectivity index (χ0) is 36.8. The molecule has 0 amide bonds. The first-order valence-electron chi connectivity index (χ1n) is 6.06. The predicted molar refractivity (Wildman–Crippen MR) is 168 cm³/mol. The van der Waals surface area contributed by atoms with Gasteiger partial charge in [0.1, 0.15) is 0 Å². The summed E-state index contributed by atoms with van der Waals surface area (Å²) in [5.41, 5.74) is 0. The van der Waals surface area contributed by atoms with E-state index in [1.54, 1.807) is 0 Å². The molecule has 0 aliphatic heterocycles. The van der Waals surface area contributed by atoms with Crippen LogP contribution < -0.4 is 64.2 Å². The molecule has 0 fully saturated rings. The van der Waals surface area contributed by atoms with Crippen LogP contribution in [-0.2, 0) is 114 Å². The molecule has 0 aromatic heterocycles. The molecule has 0 radical (unpaired) electrons. The summed E-state index contributed by atoms with van der Waals surface area (Å²) < 4.78 is 120. The third-order valence-electron chi connectivity index (χ3n) is 0. The van der Waals surface area contributed by atoms with Crippen LogP contribution >= 0.6 is 37.9 Å². The van der Waals surface area contributed by atoms with Gasteiger partial charge in [0.25, 0.3) is 45.3 Å². The zero-order valence-corrected chi connectivity index (χ0v) is 35.4. The van der Waals surface area contributed by atoms with Crippen molar-refractivity contribution in [3.05, 3.63) is 0 Å². The van der Waals surface area contributed by atoms with Gasteiger partial charge >= 0.3 is 75.0 Å². The Balaban J connectivity index is -0.0000000297. The number of hydrogen-bond acceptors (Lipinski definition) is 16. The van der Waals surface area contributed by atoms with Gasteiger partial charge in [-0.3, -0.25) is 45.5 Å². The van der Waals surface area contributed by atoms with Gasteiger partial charge in [-0.1, -0.05) is 43.2 Å². The average Bonchev–Trinajstić information content (AvgIpc) is 2.32. The van der Waals surface area contributed by atoms with Crippen molar-refractivity contribution in [1.82, 2.24) is 0 Å². The van der Waals surface area contributed by atoms with Crippen molar-refractivity contribution in [3.8, 4) is 0 Å². The van der Waals surface area contributed by atoms with Gasteiger partial charge in [-0.25, -0.2) is 14.4 Å². The van der Waals surface area contributed by atoms with Crippen molar-refractivity contribution >= 4 is 173 Å². The summed E-state index contributed by atoms with van der Waals surface area (Å²) in [6, 6.07) is 0. The van der Waals surface area contributed by atoms with Crippen molar-refractivity contribution in [2.45, 2.75) is 0 Å². The topological polar surface area (TPSA) is 440 Å². The minimum Gasteiger partial charge on any atom is -0.764 e. The molecule has 0 aromatic carbocycles. The minimum absolute atomic E-state index is 0. The van der Waals surface area contributed by atoms with E-state index in [1.165, 1.54) is 0 Å². The van der Waals surface area contributed by atoms with Crippen LogP contribution in [0.15, 0.2) is 0 Å². The van der Waals surface area contributed by atoms with Gasteiger partial charge in [0.05, 0.1) is 0 Å². The van der Waals surface area contributed by atoms with Gasteiger partial charge in [0.2, 0.25) is 0 Å². The van der Waals surface area contributed by atoms with Gasteiger partial charge in [0.15, 0.2) is 0 Å². The van der Waals surface area contributed by atoms with Crippen LogP contribution in [-0.4, -0.2) is 103 Å². The fourth-order valence-corrected chi connectivity index (χ4v) is 0. The molecule has 39 heteroatoms. The molecule has 0 unspecified atom stereocenters. The van der Waals surface area contributed by atoms with Crippen LogP contribution in [0.2, 0.25) is 0 Å². The minimum atomic E-state index is -3.83. The van der Waals surface area contributed by atoms with E-state index in [1.807, 2.05) is 0 Å². The van der Waals surface area contributed by atoms with Crippen LogP contribution in [0.25, 0.3) is 0 Å². The van der Waals surface area contributed by atoms with Gasteiger partial charge in [-0.05, 0) is 0 Å². The molecular weight excluding hydrogens is 911 g/mol. The first-order valence-corrected chi connectivity index (χ1v) is 19.8. The molecule has 13 N–H and O–H groups in total. The van der Waals surface area contributed by atoms with E-state index in [4.69, 9.17) is 106 Å². The number of carbonyl (C=O) groups is 4. The van der Waals surface area contributed by atoms with E-state index in [-0.39, 0.29) is 59.1 Å². The molecule has 43 heavy (non-hydrogen) atoms. The maximum Gasteiger partial charge on any atom is 1.00 e. The number of hydrogen-bond donors (Lipinski definition) is 16. The van der Waals surface area contributed by atoms with Gasteiger partial charge in [0, 0.05) is 55.9 Å². The Morgan fingerprint density at radius 1 is 0.465 bits per heavy atom. The largest absolute Gasteiger partial charge is 1.00 e. The Labute approximate surface area is 333 Å². The van der Waals surface area contributed by atoms with Crippen molar-refractivity contribution in [3.63, 3.8) is 0 Å². The third kappa shape index (κ3) is 12000. The predicted octanol–water partition coefficient (Wildman–Crippen LogP) is -6.94. The standard InChI is InChI=1S/4CH2O2S.2Na.5H2O3S2/c4*2-1(3)4;;;5*1-5(2,3)4/h4*4H,(H,2,3);;;5*(H2,1,2,3,4)/q;;;;2*+1;;;;;/p-2. The maximum atomic E-state index is 9.11. The normalized spacial score (nSPS) is 9.05. The molecule has 0 aliphatic carbocycles. The van der Waals surface area contributed by atoms with E-state index >= 15 is 0 Å². The molecule has 0 atom stereocenters. The van der Waals surface area contributed by atoms with Crippen molar-refractivity contribution in [1.29, 1.82) is 0 Å². The SMILES string of the molecule is O=C(O)S.O=C(O)S.O=C(O)S.O=C([O-])[S-].O=S(O)(O)=S.O=S(O)(O)=S.O=S(O)(O)=S.O=S(O)(O)=S.O=S(O)(O)=S.[Na+].[Na+]. The molecule has 0 spiro atoms. The Hall–Kier alpha value is 2.60. The molecule has 0 bridgehead atoms. The van der Waals surface area contributed by atoms with Crippen LogP contribution in [0.3, 0.4) is 0 Å². The van der Waals surface area contributed by atoms with E-state index in [9.17, 15) is 0 Å². The summed E-state index contributed by atoms with van der Waals surface area (Å²) in [6.07, 6.45) is 0. The molecule has 0 heterocycles.